The van der Waals surface area contributed by atoms with Crippen LogP contribution in [-0.4, -0.2) is 27.8 Å². The Morgan fingerprint density at radius 2 is 1.68 bits per heavy atom. The summed E-state index contributed by atoms with van der Waals surface area (Å²) < 4.78 is 0. The molecule has 1 heterocycles. The van der Waals surface area contributed by atoms with Gasteiger partial charge in [-0.1, -0.05) is 30.3 Å². The van der Waals surface area contributed by atoms with Crippen molar-refractivity contribution in [2.75, 3.05) is 13.1 Å². The van der Waals surface area contributed by atoms with Crippen LogP contribution in [0.5, 0.6) is 0 Å². The first kappa shape index (κ1) is 16.8. The van der Waals surface area contributed by atoms with E-state index >= 15 is 0 Å². The number of nitro groups is 2. The number of nitro benzene ring substituents is 2. The van der Waals surface area contributed by atoms with Crippen molar-refractivity contribution in [2.24, 2.45) is 0 Å². The molecular weight excluding hydrogens is 322 g/mol. The molecule has 128 valence electrons. The average molecular weight is 339 g/mol. The molecule has 0 N–H and O–H groups in total. The SMILES string of the molecule is O=[N+]([O-])c1ccc(CN2CC=C(c3cccc([N+](=O)[O-])c3)CC2)cc1. The van der Waals surface area contributed by atoms with Crippen molar-refractivity contribution < 1.29 is 9.85 Å². The maximum Gasteiger partial charge on any atom is 0.270 e. The maximum absolute atomic E-state index is 10.9. The zero-order valence-electron chi connectivity index (χ0n) is 13.5. The molecule has 7 heteroatoms. The van der Waals surface area contributed by atoms with Crippen LogP contribution in [0.1, 0.15) is 17.5 Å². The summed E-state index contributed by atoms with van der Waals surface area (Å²) in [5.41, 5.74) is 3.23. The van der Waals surface area contributed by atoms with Gasteiger partial charge in [0.05, 0.1) is 9.85 Å². The van der Waals surface area contributed by atoms with Crippen LogP contribution in [0.25, 0.3) is 5.57 Å². The number of nitrogens with zero attached hydrogens (tertiary/aromatic N) is 3. The van der Waals surface area contributed by atoms with Gasteiger partial charge in [-0.3, -0.25) is 25.1 Å². The van der Waals surface area contributed by atoms with Gasteiger partial charge in [0.25, 0.3) is 11.4 Å². The zero-order chi connectivity index (χ0) is 17.8. The summed E-state index contributed by atoms with van der Waals surface area (Å²) >= 11 is 0. The summed E-state index contributed by atoms with van der Waals surface area (Å²) in [6.07, 6.45) is 2.90. The molecule has 3 rings (SSSR count). The molecule has 2 aromatic rings. The summed E-state index contributed by atoms with van der Waals surface area (Å²) in [5.74, 6) is 0. The Labute approximate surface area is 144 Å². The number of rotatable bonds is 5. The van der Waals surface area contributed by atoms with Crippen LogP contribution in [-0.2, 0) is 6.54 Å². The molecule has 1 aliphatic rings. The highest BCUT2D eigenvalue weighted by Gasteiger charge is 2.15. The van der Waals surface area contributed by atoms with Gasteiger partial charge in [-0.05, 0) is 23.1 Å². The van der Waals surface area contributed by atoms with E-state index in [0.717, 1.165) is 42.8 Å². The molecule has 0 saturated heterocycles. The van der Waals surface area contributed by atoms with Crippen LogP contribution in [0.4, 0.5) is 11.4 Å². The predicted molar refractivity (Wildman–Crippen MR) is 94.1 cm³/mol. The zero-order valence-corrected chi connectivity index (χ0v) is 13.5. The second kappa shape index (κ2) is 7.23. The van der Waals surface area contributed by atoms with E-state index < -0.39 is 4.92 Å². The van der Waals surface area contributed by atoms with Crippen molar-refractivity contribution >= 4 is 16.9 Å². The molecule has 0 aliphatic carbocycles. The Bertz CT molecular complexity index is 830. The van der Waals surface area contributed by atoms with Crippen molar-refractivity contribution in [2.45, 2.75) is 13.0 Å². The van der Waals surface area contributed by atoms with Crippen LogP contribution in [0, 0.1) is 20.2 Å². The predicted octanol–water partition coefficient (Wildman–Crippen LogP) is 3.79. The minimum atomic E-state index is -0.404. The summed E-state index contributed by atoms with van der Waals surface area (Å²) in [4.78, 5) is 23.0. The molecule has 0 radical (unpaired) electrons. The third-order valence-electron chi connectivity index (χ3n) is 4.27. The Morgan fingerprint density at radius 3 is 2.28 bits per heavy atom. The minimum absolute atomic E-state index is 0.0928. The lowest BCUT2D eigenvalue weighted by atomic mass is 9.99. The van der Waals surface area contributed by atoms with Crippen molar-refractivity contribution in [3.63, 3.8) is 0 Å². The minimum Gasteiger partial charge on any atom is -0.295 e. The van der Waals surface area contributed by atoms with E-state index in [9.17, 15) is 20.2 Å². The lowest BCUT2D eigenvalue weighted by molar-refractivity contribution is -0.385. The van der Waals surface area contributed by atoms with Gasteiger partial charge in [0.1, 0.15) is 0 Å². The molecular formula is C18H17N3O4. The molecule has 0 unspecified atom stereocenters. The topological polar surface area (TPSA) is 89.5 Å². The van der Waals surface area contributed by atoms with E-state index in [1.165, 1.54) is 18.2 Å². The van der Waals surface area contributed by atoms with E-state index in [1.807, 2.05) is 6.07 Å². The van der Waals surface area contributed by atoms with Crippen molar-refractivity contribution in [3.05, 3.63) is 86.0 Å². The third kappa shape index (κ3) is 4.07. The van der Waals surface area contributed by atoms with E-state index in [0.29, 0.717) is 0 Å². The Kier molecular flexibility index (Phi) is 4.85. The van der Waals surface area contributed by atoms with Gasteiger partial charge in [-0.2, -0.15) is 0 Å². The first-order valence-electron chi connectivity index (χ1n) is 7.92. The molecule has 25 heavy (non-hydrogen) atoms. The fourth-order valence-electron chi connectivity index (χ4n) is 2.92. The smallest absolute Gasteiger partial charge is 0.270 e. The van der Waals surface area contributed by atoms with Crippen molar-refractivity contribution in [1.29, 1.82) is 0 Å². The lowest BCUT2D eigenvalue weighted by Crippen LogP contribution is -2.28. The Hall–Kier alpha value is -3.06. The Morgan fingerprint density at radius 1 is 0.960 bits per heavy atom. The van der Waals surface area contributed by atoms with Gasteiger partial charge in [0.2, 0.25) is 0 Å². The highest BCUT2D eigenvalue weighted by Crippen LogP contribution is 2.26. The molecule has 2 aromatic carbocycles. The lowest BCUT2D eigenvalue weighted by Gasteiger charge is -2.26. The van der Waals surface area contributed by atoms with E-state index in [1.54, 1.807) is 24.3 Å². The van der Waals surface area contributed by atoms with Crippen LogP contribution < -0.4 is 0 Å². The van der Waals surface area contributed by atoms with Crippen LogP contribution in [0.15, 0.2) is 54.6 Å². The molecule has 7 nitrogen and oxygen atoms in total. The van der Waals surface area contributed by atoms with Gasteiger partial charge in [-0.25, -0.2) is 0 Å². The molecule has 1 aliphatic heterocycles. The number of non-ortho nitro benzene ring substituents is 2. The second-order valence-corrected chi connectivity index (χ2v) is 5.95. The van der Waals surface area contributed by atoms with Crippen LogP contribution >= 0.6 is 0 Å². The molecule has 0 atom stereocenters. The fraction of sp³-hybridized carbons (Fsp3) is 0.222. The van der Waals surface area contributed by atoms with Crippen molar-refractivity contribution in [3.8, 4) is 0 Å². The molecule has 0 spiro atoms. The quantitative estimate of drug-likeness (QED) is 0.610. The van der Waals surface area contributed by atoms with Gasteiger partial charge in [0.15, 0.2) is 0 Å². The molecule has 0 bridgehead atoms. The summed E-state index contributed by atoms with van der Waals surface area (Å²) in [6.45, 7) is 2.30. The summed E-state index contributed by atoms with van der Waals surface area (Å²) in [7, 11) is 0. The first-order chi connectivity index (χ1) is 12.0. The number of benzene rings is 2. The largest absolute Gasteiger partial charge is 0.295 e. The van der Waals surface area contributed by atoms with E-state index in [2.05, 4.69) is 11.0 Å². The van der Waals surface area contributed by atoms with Gasteiger partial charge in [-0.15, -0.1) is 0 Å². The van der Waals surface area contributed by atoms with Crippen molar-refractivity contribution in [1.82, 2.24) is 4.90 Å². The maximum atomic E-state index is 10.9. The second-order valence-electron chi connectivity index (χ2n) is 5.95. The summed E-state index contributed by atoms with van der Waals surface area (Å²) in [6, 6.07) is 13.3. The number of hydrogen-bond donors (Lipinski definition) is 0. The van der Waals surface area contributed by atoms with Crippen LogP contribution in [0.3, 0.4) is 0 Å². The van der Waals surface area contributed by atoms with Gasteiger partial charge >= 0.3 is 0 Å². The standard InChI is InChI=1S/C18H17N3O4/c22-20(23)17-6-4-14(5-7-17)13-19-10-8-15(9-11-19)16-2-1-3-18(12-16)21(24)25/h1-8,12H,9-11,13H2. The average Bonchev–Trinajstić information content (AvgIpc) is 2.63. The molecule has 0 fully saturated rings. The van der Waals surface area contributed by atoms with Crippen LogP contribution in [0.2, 0.25) is 0 Å². The van der Waals surface area contributed by atoms with E-state index in [-0.39, 0.29) is 16.3 Å². The normalized spacial score (nSPS) is 14.8. The van der Waals surface area contributed by atoms with Gasteiger partial charge < -0.3 is 0 Å². The highest BCUT2D eigenvalue weighted by atomic mass is 16.6. The third-order valence-corrected chi connectivity index (χ3v) is 4.27. The van der Waals surface area contributed by atoms with Gasteiger partial charge in [0, 0.05) is 43.9 Å². The summed E-state index contributed by atoms with van der Waals surface area (Å²) in [5, 5.41) is 21.6. The fourth-order valence-corrected chi connectivity index (χ4v) is 2.92. The Balaban J connectivity index is 1.65. The highest BCUT2D eigenvalue weighted by molar-refractivity contribution is 5.68. The molecule has 0 aromatic heterocycles. The monoisotopic (exact) mass is 339 g/mol. The number of hydrogen-bond acceptors (Lipinski definition) is 5. The molecule has 0 amide bonds. The molecule has 0 saturated carbocycles. The van der Waals surface area contributed by atoms with E-state index in [4.69, 9.17) is 0 Å². The first-order valence-corrected chi connectivity index (χ1v) is 7.92.